The number of aliphatic hydroxyl groups is 1. The lowest BCUT2D eigenvalue weighted by molar-refractivity contribution is -0.194. The zero-order chi connectivity index (χ0) is 21.2. The van der Waals surface area contributed by atoms with E-state index in [-0.39, 0.29) is 17.9 Å². The van der Waals surface area contributed by atoms with Crippen LogP contribution in [-0.2, 0) is 22.4 Å². The summed E-state index contributed by atoms with van der Waals surface area (Å²) in [6.07, 6.45) is 0.252. The lowest BCUT2D eigenvalue weighted by atomic mass is 9.94. The van der Waals surface area contributed by atoms with Gasteiger partial charge in [-0.25, -0.2) is 9.59 Å². The van der Waals surface area contributed by atoms with E-state index in [1.165, 1.54) is 6.07 Å². The molecule has 1 atom stereocenters. The molecule has 0 aliphatic carbocycles. The summed E-state index contributed by atoms with van der Waals surface area (Å²) in [5.41, 5.74) is 7.44. The number of aliphatic hydroxyl groups excluding tert-OH is 1. The van der Waals surface area contributed by atoms with Crippen LogP contribution in [0.4, 0.5) is 0 Å². The maximum atomic E-state index is 11.5. The highest BCUT2D eigenvalue weighted by Gasteiger charge is 2.58. The van der Waals surface area contributed by atoms with Gasteiger partial charge in [-0.05, 0) is 48.7 Å². The first-order valence-corrected chi connectivity index (χ1v) is 9.29. The molecule has 0 fully saturated rings. The van der Waals surface area contributed by atoms with Gasteiger partial charge in [-0.15, -0.1) is 0 Å². The molecule has 2 aromatic carbocycles. The topological polar surface area (TPSA) is 139 Å². The van der Waals surface area contributed by atoms with Crippen molar-refractivity contribution >= 4 is 23.5 Å². The highest BCUT2D eigenvalue weighted by molar-refractivity contribution is 6.30. The Kier molecular flexibility index (Phi) is 5.97. The van der Waals surface area contributed by atoms with Gasteiger partial charge in [-0.3, -0.25) is 0 Å². The van der Waals surface area contributed by atoms with Crippen molar-refractivity contribution in [3.63, 3.8) is 0 Å². The van der Waals surface area contributed by atoms with E-state index in [2.05, 4.69) is 0 Å². The van der Waals surface area contributed by atoms with Gasteiger partial charge in [0.2, 0.25) is 0 Å². The number of rotatable bonds is 8. The second-order valence-corrected chi connectivity index (χ2v) is 7.07. The average Bonchev–Trinajstić information content (AvgIpc) is 3.08. The van der Waals surface area contributed by atoms with E-state index < -0.39 is 23.8 Å². The molecule has 1 aliphatic rings. The highest BCUT2D eigenvalue weighted by atomic mass is 35.5. The summed E-state index contributed by atoms with van der Waals surface area (Å²) >= 11 is 5.99. The lowest BCUT2D eigenvalue weighted by Crippen LogP contribution is -2.54. The second kappa shape index (κ2) is 8.28. The molecule has 1 heterocycles. The number of benzene rings is 2. The van der Waals surface area contributed by atoms with Crippen molar-refractivity contribution in [1.29, 1.82) is 0 Å². The number of halogens is 1. The van der Waals surface area contributed by atoms with E-state index in [4.69, 9.17) is 26.8 Å². The van der Waals surface area contributed by atoms with Crippen LogP contribution in [0.5, 0.6) is 11.5 Å². The minimum absolute atomic E-state index is 0.0165. The van der Waals surface area contributed by atoms with Crippen molar-refractivity contribution in [3.05, 3.63) is 58.1 Å². The third-order valence-electron chi connectivity index (χ3n) is 4.66. The molecule has 1 aliphatic heterocycles. The predicted octanol–water partition coefficient (Wildman–Crippen LogP) is 2.14. The van der Waals surface area contributed by atoms with Gasteiger partial charge in [0.15, 0.2) is 11.5 Å². The smallest absolute Gasteiger partial charge is 0.453 e. The van der Waals surface area contributed by atoms with Gasteiger partial charge in [-0.2, -0.15) is 0 Å². The summed E-state index contributed by atoms with van der Waals surface area (Å²) in [7, 11) is 0. The Bertz CT molecular complexity index is 932. The van der Waals surface area contributed by atoms with Gasteiger partial charge in [0.25, 0.3) is 0 Å². The molecule has 3 rings (SSSR count). The molecule has 5 N–H and O–H groups in total. The van der Waals surface area contributed by atoms with Crippen LogP contribution in [0.25, 0.3) is 0 Å². The van der Waals surface area contributed by atoms with Crippen molar-refractivity contribution in [3.8, 4) is 11.5 Å². The normalized spacial score (nSPS) is 15.1. The Morgan fingerprint density at radius 1 is 1.14 bits per heavy atom. The minimum atomic E-state index is -2.84. The number of aliphatic carboxylic acids is 2. The molecule has 8 nitrogen and oxygen atoms in total. The van der Waals surface area contributed by atoms with Crippen molar-refractivity contribution in [2.45, 2.75) is 31.2 Å². The fraction of sp³-hybridized carbons (Fsp3) is 0.300. The zero-order valence-corrected chi connectivity index (χ0v) is 16.1. The standard InChI is InChI=1S/C20H20ClNO7/c21-13-4-1-3-12(9-13)15(23)10-11-6-7-16-17(14(11)5-2-8-22)29-20(28-16,18(24)25)19(26)27/h1,3-4,6-7,9,15,23H,2,5,8,10,22H2,(H,24,25)(H,26,27). The average molecular weight is 422 g/mol. The summed E-state index contributed by atoms with van der Waals surface area (Å²) in [6.45, 7) is 0.365. The largest absolute Gasteiger partial charge is 0.475 e. The number of carbonyl (C=O) groups is 2. The number of hydrogen-bond donors (Lipinski definition) is 4. The SMILES string of the molecule is NCCCc1c(CC(O)c2cccc(Cl)c2)ccc2c1OC(C(=O)O)(C(=O)O)O2. The highest BCUT2D eigenvalue weighted by Crippen LogP contribution is 2.45. The third-order valence-corrected chi connectivity index (χ3v) is 4.90. The molecule has 29 heavy (non-hydrogen) atoms. The van der Waals surface area contributed by atoms with Crippen LogP contribution < -0.4 is 15.2 Å². The Balaban J connectivity index is 1.98. The molecule has 1 unspecified atom stereocenters. The van der Waals surface area contributed by atoms with Crippen LogP contribution in [0, 0.1) is 0 Å². The van der Waals surface area contributed by atoms with E-state index in [1.54, 1.807) is 30.3 Å². The molecule has 0 saturated carbocycles. The van der Waals surface area contributed by atoms with Gasteiger partial charge in [0.05, 0.1) is 6.10 Å². The third kappa shape index (κ3) is 4.00. The number of hydrogen-bond acceptors (Lipinski definition) is 6. The molecule has 0 radical (unpaired) electrons. The van der Waals surface area contributed by atoms with E-state index in [1.807, 2.05) is 0 Å². The first-order chi connectivity index (χ1) is 13.8. The van der Waals surface area contributed by atoms with Crippen LogP contribution in [0.3, 0.4) is 0 Å². The van der Waals surface area contributed by atoms with Crippen LogP contribution in [0.1, 0.15) is 29.2 Å². The van der Waals surface area contributed by atoms with Crippen molar-refractivity contribution in [2.75, 3.05) is 6.54 Å². The molecule has 0 amide bonds. The van der Waals surface area contributed by atoms with Crippen LogP contribution in [-0.4, -0.2) is 39.6 Å². The van der Waals surface area contributed by atoms with E-state index in [9.17, 15) is 24.9 Å². The Hall–Kier alpha value is -2.81. The minimum Gasteiger partial charge on any atom is -0.475 e. The summed E-state index contributed by atoms with van der Waals surface area (Å²) in [5.74, 6) is -6.33. The first-order valence-electron chi connectivity index (χ1n) is 8.91. The van der Waals surface area contributed by atoms with Gasteiger partial charge in [0, 0.05) is 17.0 Å². The molecule has 2 aromatic rings. The Morgan fingerprint density at radius 3 is 2.48 bits per heavy atom. The molecule has 154 valence electrons. The van der Waals surface area contributed by atoms with E-state index in [0.29, 0.717) is 41.1 Å². The fourth-order valence-electron chi connectivity index (χ4n) is 3.21. The van der Waals surface area contributed by atoms with E-state index >= 15 is 0 Å². The monoisotopic (exact) mass is 421 g/mol. The van der Waals surface area contributed by atoms with Gasteiger partial charge < -0.3 is 30.5 Å². The molecule has 0 spiro atoms. The summed E-state index contributed by atoms with van der Waals surface area (Å²) in [4.78, 5) is 23.1. The molecule has 0 bridgehead atoms. The Morgan fingerprint density at radius 2 is 1.86 bits per heavy atom. The molecule has 9 heteroatoms. The van der Waals surface area contributed by atoms with Crippen molar-refractivity contribution < 1.29 is 34.4 Å². The zero-order valence-electron chi connectivity index (χ0n) is 15.3. The van der Waals surface area contributed by atoms with Gasteiger partial charge in [-0.1, -0.05) is 29.8 Å². The van der Waals surface area contributed by atoms with Gasteiger partial charge >= 0.3 is 17.7 Å². The van der Waals surface area contributed by atoms with Crippen LogP contribution in [0.2, 0.25) is 5.02 Å². The summed E-state index contributed by atoms with van der Waals surface area (Å²) in [5, 5.41) is 29.8. The molecular formula is C20H20ClNO7. The lowest BCUT2D eigenvalue weighted by Gasteiger charge is -2.18. The van der Waals surface area contributed by atoms with E-state index in [0.717, 1.165) is 0 Å². The number of fused-ring (bicyclic) bond motifs is 1. The van der Waals surface area contributed by atoms with Crippen molar-refractivity contribution in [1.82, 2.24) is 0 Å². The van der Waals surface area contributed by atoms with Crippen LogP contribution in [0.15, 0.2) is 36.4 Å². The number of nitrogens with two attached hydrogens (primary N) is 1. The van der Waals surface area contributed by atoms with Crippen LogP contribution >= 0.6 is 11.6 Å². The maximum absolute atomic E-state index is 11.5. The van der Waals surface area contributed by atoms with Gasteiger partial charge in [0.1, 0.15) is 0 Å². The fourth-order valence-corrected chi connectivity index (χ4v) is 3.41. The molecule has 0 saturated heterocycles. The number of ether oxygens (including phenoxy) is 2. The van der Waals surface area contributed by atoms with Crippen molar-refractivity contribution in [2.24, 2.45) is 5.73 Å². The number of carboxylic acid groups (broad SMARTS) is 2. The summed E-state index contributed by atoms with van der Waals surface area (Å²) < 4.78 is 10.5. The number of carboxylic acids is 2. The Labute approximate surface area is 171 Å². The maximum Gasteiger partial charge on any atom is 0.453 e. The predicted molar refractivity (Wildman–Crippen MR) is 103 cm³/mol. The quantitative estimate of drug-likeness (QED) is 0.475. The second-order valence-electron chi connectivity index (χ2n) is 6.63. The first kappa shape index (κ1) is 20.9. The summed E-state index contributed by atoms with van der Waals surface area (Å²) in [6, 6.07) is 9.91. The molecule has 0 aromatic heterocycles. The molecular weight excluding hydrogens is 402 g/mol.